The molecule has 1 saturated heterocycles. The molecule has 0 unspecified atom stereocenters. The second kappa shape index (κ2) is 4.32. The number of hydrazine groups is 1. The summed E-state index contributed by atoms with van der Waals surface area (Å²) in [6.45, 7) is 0. The van der Waals surface area contributed by atoms with Crippen LogP contribution in [-0.4, -0.2) is 26.0 Å². The molecule has 2 amide bonds. The van der Waals surface area contributed by atoms with Gasteiger partial charge in [-0.1, -0.05) is 0 Å². The first-order chi connectivity index (χ1) is 8.15. The molecule has 0 aromatic heterocycles. The number of nitrogens with zero attached hydrogens (tertiary/aromatic N) is 1. The highest BCUT2D eigenvalue weighted by Gasteiger charge is 2.30. The van der Waals surface area contributed by atoms with E-state index in [2.05, 4.69) is 5.43 Å². The van der Waals surface area contributed by atoms with E-state index in [-0.39, 0.29) is 18.2 Å². The van der Waals surface area contributed by atoms with Crippen molar-refractivity contribution in [2.45, 2.75) is 6.42 Å². The van der Waals surface area contributed by atoms with Crippen molar-refractivity contribution >= 4 is 17.5 Å². The maximum atomic E-state index is 11.6. The predicted octanol–water partition coefficient (Wildman–Crippen LogP) is 0.472. The van der Waals surface area contributed by atoms with Crippen molar-refractivity contribution in [1.82, 2.24) is 5.43 Å². The van der Waals surface area contributed by atoms with Crippen molar-refractivity contribution in [3.63, 3.8) is 0 Å². The van der Waals surface area contributed by atoms with Crippen LogP contribution in [-0.2, 0) is 9.59 Å². The Morgan fingerprint density at radius 2 is 2.00 bits per heavy atom. The Balaban J connectivity index is 2.42. The molecule has 0 aliphatic carbocycles. The first-order valence-electron chi connectivity index (χ1n) is 5.00. The van der Waals surface area contributed by atoms with Gasteiger partial charge in [0.25, 0.3) is 5.91 Å². The van der Waals surface area contributed by atoms with Crippen molar-refractivity contribution in [2.24, 2.45) is 0 Å². The topological polar surface area (TPSA) is 67.9 Å². The molecule has 0 bridgehead atoms. The number of hydrogen-bond donors (Lipinski definition) is 1. The number of benzene rings is 1. The summed E-state index contributed by atoms with van der Waals surface area (Å²) in [5.41, 5.74) is 2.92. The monoisotopic (exact) mass is 236 g/mol. The quantitative estimate of drug-likeness (QED) is 0.775. The zero-order valence-electron chi connectivity index (χ0n) is 9.52. The summed E-state index contributed by atoms with van der Waals surface area (Å²) in [6.07, 6.45) is -0.152. The van der Waals surface area contributed by atoms with Gasteiger partial charge < -0.3 is 9.47 Å². The lowest BCUT2D eigenvalue weighted by molar-refractivity contribution is -0.122. The van der Waals surface area contributed by atoms with Crippen LogP contribution in [0.3, 0.4) is 0 Å². The largest absolute Gasteiger partial charge is 0.497 e. The number of amides is 2. The Bertz CT molecular complexity index is 473. The number of carbonyl (C=O) groups is 2. The van der Waals surface area contributed by atoms with E-state index in [0.29, 0.717) is 17.2 Å². The van der Waals surface area contributed by atoms with Gasteiger partial charge in [0, 0.05) is 6.07 Å². The molecule has 90 valence electrons. The van der Waals surface area contributed by atoms with E-state index in [1.165, 1.54) is 19.2 Å². The Hall–Kier alpha value is -2.24. The number of carbonyl (C=O) groups excluding carboxylic acids is 2. The Morgan fingerprint density at radius 1 is 1.24 bits per heavy atom. The molecule has 0 atom stereocenters. The summed E-state index contributed by atoms with van der Waals surface area (Å²) >= 11 is 0. The molecule has 1 aliphatic heterocycles. The minimum atomic E-state index is -0.333. The smallest absolute Gasteiger partial charge is 0.255 e. The van der Waals surface area contributed by atoms with Crippen LogP contribution >= 0.6 is 0 Å². The normalized spacial score (nSPS) is 14.8. The van der Waals surface area contributed by atoms with Gasteiger partial charge in [-0.15, -0.1) is 0 Å². The van der Waals surface area contributed by atoms with Crippen molar-refractivity contribution in [1.29, 1.82) is 0 Å². The molecule has 1 heterocycles. The standard InChI is InChI=1S/C11H12N2O4/c1-16-7-3-4-9(17-2)8(5-7)13-11(15)6-10(14)12-13/h3-5H,6H2,1-2H3,(H,12,14). The van der Waals surface area contributed by atoms with Gasteiger partial charge in [-0.25, -0.2) is 5.01 Å². The third-order valence-corrected chi connectivity index (χ3v) is 2.42. The molecule has 0 saturated carbocycles. The average Bonchev–Trinajstić information content (AvgIpc) is 2.67. The van der Waals surface area contributed by atoms with Crippen molar-refractivity contribution in [3.05, 3.63) is 18.2 Å². The second-order valence-corrected chi connectivity index (χ2v) is 3.48. The molecule has 1 aromatic carbocycles. The number of rotatable bonds is 3. The Kier molecular flexibility index (Phi) is 2.86. The molecule has 1 N–H and O–H groups in total. The maximum Gasteiger partial charge on any atom is 0.255 e. The molecule has 2 rings (SSSR count). The van der Waals surface area contributed by atoms with Crippen LogP contribution in [0.2, 0.25) is 0 Å². The zero-order valence-corrected chi connectivity index (χ0v) is 9.52. The van der Waals surface area contributed by atoms with Gasteiger partial charge in [-0.3, -0.25) is 15.0 Å². The van der Waals surface area contributed by atoms with Crippen LogP contribution in [0.5, 0.6) is 11.5 Å². The van der Waals surface area contributed by atoms with Crippen molar-refractivity contribution < 1.29 is 19.1 Å². The highest BCUT2D eigenvalue weighted by molar-refractivity contribution is 6.12. The molecule has 1 aliphatic rings. The van der Waals surface area contributed by atoms with Crippen molar-refractivity contribution in [3.8, 4) is 11.5 Å². The molecule has 6 heteroatoms. The summed E-state index contributed by atoms with van der Waals surface area (Å²) in [6, 6.07) is 5.01. The summed E-state index contributed by atoms with van der Waals surface area (Å²) in [4.78, 5) is 22.7. The lowest BCUT2D eigenvalue weighted by Crippen LogP contribution is -2.36. The lowest BCUT2D eigenvalue weighted by atomic mass is 10.2. The highest BCUT2D eigenvalue weighted by atomic mass is 16.5. The SMILES string of the molecule is COc1ccc(OC)c(N2NC(=O)CC2=O)c1. The third-order valence-electron chi connectivity index (χ3n) is 2.42. The Morgan fingerprint density at radius 3 is 2.53 bits per heavy atom. The number of ether oxygens (including phenoxy) is 2. The lowest BCUT2D eigenvalue weighted by Gasteiger charge is -2.18. The summed E-state index contributed by atoms with van der Waals surface area (Å²) in [5.74, 6) is 0.414. The second-order valence-electron chi connectivity index (χ2n) is 3.48. The van der Waals surface area contributed by atoms with E-state index in [4.69, 9.17) is 9.47 Å². The summed E-state index contributed by atoms with van der Waals surface area (Å²) < 4.78 is 10.2. The Labute approximate surface area is 98.1 Å². The minimum Gasteiger partial charge on any atom is -0.497 e. The van der Waals surface area contributed by atoms with E-state index >= 15 is 0 Å². The van der Waals surface area contributed by atoms with Gasteiger partial charge in [0.2, 0.25) is 5.91 Å². The van der Waals surface area contributed by atoms with Crippen molar-refractivity contribution in [2.75, 3.05) is 19.2 Å². The van der Waals surface area contributed by atoms with E-state index in [9.17, 15) is 9.59 Å². The van der Waals surface area contributed by atoms with Gasteiger partial charge in [-0.05, 0) is 12.1 Å². The molecule has 0 radical (unpaired) electrons. The fraction of sp³-hybridized carbons (Fsp3) is 0.273. The fourth-order valence-corrected chi connectivity index (χ4v) is 1.61. The predicted molar refractivity (Wildman–Crippen MR) is 59.8 cm³/mol. The van der Waals surface area contributed by atoms with Gasteiger partial charge >= 0.3 is 0 Å². The van der Waals surface area contributed by atoms with Crippen LogP contribution in [0.4, 0.5) is 5.69 Å². The minimum absolute atomic E-state index is 0.152. The first-order valence-corrected chi connectivity index (χ1v) is 5.00. The van der Waals surface area contributed by atoms with E-state index in [0.717, 1.165) is 0 Å². The fourth-order valence-electron chi connectivity index (χ4n) is 1.61. The van der Waals surface area contributed by atoms with Crippen LogP contribution in [0.15, 0.2) is 18.2 Å². The molecule has 1 fully saturated rings. The van der Waals surface area contributed by atoms with Gasteiger partial charge in [0.05, 0.1) is 14.2 Å². The molecule has 0 spiro atoms. The van der Waals surface area contributed by atoms with Crippen LogP contribution in [0.25, 0.3) is 0 Å². The van der Waals surface area contributed by atoms with Gasteiger partial charge in [0.1, 0.15) is 23.6 Å². The number of nitrogens with one attached hydrogen (secondary N) is 1. The van der Waals surface area contributed by atoms with Gasteiger partial charge in [-0.2, -0.15) is 0 Å². The molecule has 6 nitrogen and oxygen atoms in total. The maximum absolute atomic E-state index is 11.6. The third kappa shape index (κ3) is 2.01. The summed E-state index contributed by atoms with van der Waals surface area (Å²) in [7, 11) is 3.02. The van der Waals surface area contributed by atoms with Crippen LogP contribution in [0, 0.1) is 0 Å². The zero-order chi connectivity index (χ0) is 12.4. The van der Waals surface area contributed by atoms with Gasteiger partial charge in [0.15, 0.2) is 0 Å². The molecular weight excluding hydrogens is 224 g/mol. The average molecular weight is 236 g/mol. The molecular formula is C11H12N2O4. The van der Waals surface area contributed by atoms with Crippen LogP contribution < -0.4 is 19.9 Å². The van der Waals surface area contributed by atoms with Crippen LogP contribution in [0.1, 0.15) is 6.42 Å². The van der Waals surface area contributed by atoms with E-state index in [1.807, 2.05) is 0 Å². The van der Waals surface area contributed by atoms with E-state index < -0.39 is 0 Å². The summed E-state index contributed by atoms with van der Waals surface area (Å²) in [5, 5.41) is 1.17. The number of anilines is 1. The molecule has 17 heavy (non-hydrogen) atoms. The van der Waals surface area contributed by atoms with E-state index in [1.54, 1.807) is 18.2 Å². The number of methoxy groups -OCH3 is 2. The first kappa shape index (κ1) is 11.3. The highest BCUT2D eigenvalue weighted by Crippen LogP contribution is 2.32. The molecule has 1 aromatic rings. The number of hydrogen-bond acceptors (Lipinski definition) is 4.